The number of hydrogen-bond donors (Lipinski definition) is 4. The first-order valence-corrected chi connectivity index (χ1v) is 16.6. The van der Waals surface area contributed by atoms with Gasteiger partial charge in [-0.1, -0.05) is 48.5 Å². The second-order valence-corrected chi connectivity index (χ2v) is 12.6. The van der Waals surface area contributed by atoms with Gasteiger partial charge in [0, 0.05) is 73.4 Å². The third kappa shape index (κ3) is 7.35. The van der Waals surface area contributed by atoms with Gasteiger partial charge in [-0.05, 0) is 61.1 Å². The van der Waals surface area contributed by atoms with Crippen molar-refractivity contribution >= 4 is 11.8 Å². The van der Waals surface area contributed by atoms with Crippen LogP contribution in [0.25, 0.3) is 33.6 Å². The summed E-state index contributed by atoms with van der Waals surface area (Å²) in [5.41, 5.74) is 10.2. The fourth-order valence-electron chi connectivity index (χ4n) is 6.69. The number of pyridine rings is 2. The van der Waals surface area contributed by atoms with E-state index in [4.69, 9.17) is 19.4 Å². The van der Waals surface area contributed by atoms with E-state index in [0.717, 1.165) is 68.7 Å². The van der Waals surface area contributed by atoms with Crippen LogP contribution in [0.2, 0.25) is 0 Å². The lowest BCUT2D eigenvalue weighted by Crippen LogP contribution is -2.35. The Labute approximate surface area is 282 Å². The number of methoxy groups -OCH3 is 2. The molecule has 2 aromatic heterocycles. The van der Waals surface area contributed by atoms with Gasteiger partial charge in [0.2, 0.25) is 23.6 Å². The number of amides is 2. The minimum Gasteiger partial charge on any atom is -0.481 e. The Bertz CT molecular complexity index is 1680. The van der Waals surface area contributed by atoms with Gasteiger partial charge < -0.3 is 30.7 Å². The molecule has 2 unspecified atom stereocenters. The number of rotatable bonds is 13. The molecule has 4 heterocycles. The number of nitrogens with zero attached hydrogens (tertiary/aromatic N) is 2. The monoisotopic (exact) mass is 648 g/mol. The van der Waals surface area contributed by atoms with Crippen LogP contribution in [0.5, 0.6) is 11.8 Å². The number of benzene rings is 2. The van der Waals surface area contributed by atoms with Gasteiger partial charge in [-0.15, -0.1) is 0 Å². The molecule has 2 amide bonds. The van der Waals surface area contributed by atoms with E-state index in [0.29, 0.717) is 50.8 Å². The maximum absolute atomic E-state index is 11.5. The van der Waals surface area contributed by atoms with Crippen molar-refractivity contribution in [2.75, 3.05) is 27.3 Å². The lowest BCUT2D eigenvalue weighted by molar-refractivity contribution is -0.120. The first kappa shape index (κ1) is 33.1. The molecule has 2 aliphatic heterocycles. The van der Waals surface area contributed by atoms with Gasteiger partial charge in [-0.25, -0.2) is 9.97 Å². The van der Waals surface area contributed by atoms with Crippen LogP contribution in [0.1, 0.15) is 47.9 Å². The maximum Gasteiger partial charge on any atom is 0.220 e. The number of carbonyl (C=O) groups is 2. The Morgan fingerprint density at radius 3 is 1.44 bits per heavy atom. The molecule has 4 N–H and O–H groups in total. The van der Waals surface area contributed by atoms with Crippen molar-refractivity contribution in [3.63, 3.8) is 0 Å². The van der Waals surface area contributed by atoms with Gasteiger partial charge in [-0.3, -0.25) is 9.59 Å². The SMILES string of the molecule is COc1nc(-c2cccc(-c3cccc(-c4ccc(CNCC5CCC(=O)N5)c(OC)n4)c3C)c2C)ccc1CNCC1CCC(=O)N1. The first-order valence-electron chi connectivity index (χ1n) is 16.6. The predicted molar refractivity (Wildman–Crippen MR) is 187 cm³/mol. The molecule has 250 valence electrons. The molecular weight excluding hydrogens is 604 g/mol. The number of ether oxygens (including phenoxy) is 2. The highest BCUT2D eigenvalue weighted by Gasteiger charge is 2.22. The Hall–Kier alpha value is -4.80. The Balaban J connectivity index is 1.20. The number of carbonyl (C=O) groups excluding carboxylic acids is 2. The average Bonchev–Trinajstić information content (AvgIpc) is 3.72. The van der Waals surface area contributed by atoms with Crippen molar-refractivity contribution in [1.82, 2.24) is 31.2 Å². The van der Waals surface area contributed by atoms with Crippen LogP contribution in [-0.4, -0.2) is 61.2 Å². The predicted octanol–water partition coefficient (Wildman–Crippen LogP) is 4.85. The van der Waals surface area contributed by atoms with Crippen LogP contribution in [0.15, 0.2) is 60.7 Å². The normalized spacial score (nSPS) is 17.3. The summed E-state index contributed by atoms with van der Waals surface area (Å²) >= 11 is 0. The highest BCUT2D eigenvalue weighted by molar-refractivity contribution is 5.83. The third-order valence-corrected chi connectivity index (χ3v) is 9.36. The average molecular weight is 649 g/mol. The van der Waals surface area contributed by atoms with Gasteiger partial charge in [0.25, 0.3) is 0 Å². The lowest BCUT2D eigenvalue weighted by Gasteiger charge is -2.17. The highest BCUT2D eigenvalue weighted by Crippen LogP contribution is 2.37. The molecule has 10 heteroatoms. The Morgan fingerprint density at radius 2 is 1.06 bits per heavy atom. The number of hydrogen-bond acceptors (Lipinski definition) is 8. The first-order chi connectivity index (χ1) is 23.3. The van der Waals surface area contributed by atoms with Crippen molar-refractivity contribution < 1.29 is 19.1 Å². The van der Waals surface area contributed by atoms with Gasteiger partial charge >= 0.3 is 0 Å². The highest BCUT2D eigenvalue weighted by atomic mass is 16.5. The molecule has 0 radical (unpaired) electrons. The van der Waals surface area contributed by atoms with Crippen LogP contribution in [0.4, 0.5) is 0 Å². The van der Waals surface area contributed by atoms with Crippen molar-refractivity contribution in [2.24, 2.45) is 0 Å². The van der Waals surface area contributed by atoms with E-state index in [1.54, 1.807) is 14.2 Å². The summed E-state index contributed by atoms with van der Waals surface area (Å²) in [7, 11) is 3.29. The van der Waals surface area contributed by atoms with E-state index in [1.807, 2.05) is 12.1 Å². The Kier molecular flexibility index (Phi) is 10.3. The van der Waals surface area contributed by atoms with Gasteiger partial charge in [-0.2, -0.15) is 0 Å². The fourth-order valence-corrected chi connectivity index (χ4v) is 6.69. The van der Waals surface area contributed by atoms with Crippen LogP contribution >= 0.6 is 0 Å². The van der Waals surface area contributed by atoms with Crippen molar-refractivity contribution in [3.05, 3.63) is 82.9 Å². The molecule has 10 nitrogen and oxygen atoms in total. The summed E-state index contributed by atoms with van der Waals surface area (Å²) < 4.78 is 11.4. The molecule has 0 aliphatic carbocycles. The largest absolute Gasteiger partial charge is 0.481 e. The molecule has 2 aliphatic rings. The van der Waals surface area contributed by atoms with Crippen LogP contribution in [0.3, 0.4) is 0 Å². The van der Waals surface area contributed by atoms with Crippen molar-refractivity contribution in [1.29, 1.82) is 0 Å². The molecule has 2 saturated heterocycles. The van der Waals surface area contributed by atoms with Gasteiger partial charge in [0.05, 0.1) is 25.6 Å². The molecule has 0 spiro atoms. The second-order valence-electron chi connectivity index (χ2n) is 12.6. The smallest absolute Gasteiger partial charge is 0.220 e. The zero-order chi connectivity index (χ0) is 33.6. The number of aromatic nitrogens is 2. The van der Waals surface area contributed by atoms with E-state index in [9.17, 15) is 9.59 Å². The third-order valence-electron chi connectivity index (χ3n) is 9.36. The lowest BCUT2D eigenvalue weighted by atomic mass is 9.89. The van der Waals surface area contributed by atoms with Gasteiger partial charge in [0.1, 0.15) is 0 Å². The van der Waals surface area contributed by atoms with E-state index < -0.39 is 0 Å². The van der Waals surface area contributed by atoms with E-state index in [-0.39, 0.29) is 23.9 Å². The summed E-state index contributed by atoms with van der Waals surface area (Å²) in [5, 5.41) is 12.9. The molecule has 0 bridgehead atoms. The molecule has 2 atom stereocenters. The van der Waals surface area contributed by atoms with Crippen molar-refractivity contribution in [2.45, 2.75) is 64.7 Å². The summed E-state index contributed by atoms with van der Waals surface area (Å²) in [5.74, 6) is 1.41. The molecule has 2 aromatic carbocycles. The van der Waals surface area contributed by atoms with Gasteiger partial charge in [0.15, 0.2) is 0 Å². The minimum absolute atomic E-state index is 0.119. The molecule has 0 saturated carbocycles. The zero-order valence-corrected chi connectivity index (χ0v) is 28.1. The topological polar surface area (TPSA) is 126 Å². The van der Waals surface area contributed by atoms with Crippen molar-refractivity contribution in [3.8, 4) is 45.4 Å². The fraction of sp³-hybridized carbons (Fsp3) is 0.368. The summed E-state index contributed by atoms with van der Waals surface area (Å²) in [4.78, 5) is 32.8. The minimum atomic E-state index is 0.119. The standard InChI is InChI=1S/C38H44N6O4/c1-23-29(7-5-9-31(23)33-15-11-25(37(43-33)47-3)19-39-21-27-13-17-35(45)41-27)30-8-6-10-32(24(30)2)34-16-12-26(38(44-34)48-4)20-40-22-28-14-18-36(46)42-28/h5-12,15-16,27-28,39-40H,13-14,17-22H2,1-4H3,(H,41,45)(H,42,46). The summed E-state index contributed by atoms with van der Waals surface area (Å²) in [6.07, 6.45) is 2.90. The van der Waals surface area contributed by atoms with E-state index in [2.05, 4.69) is 83.6 Å². The molecular formula is C38H44N6O4. The second kappa shape index (κ2) is 15.0. The molecule has 48 heavy (non-hydrogen) atoms. The van der Waals surface area contributed by atoms with Crippen LogP contribution in [-0.2, 0) is 22.7 Å². The van der Waals surface area contributed by atoms with E-state index in [1.165, 1.54) is 0 Å². The molecule has 4 aromatic rings. The summed E-state index contributed by atoms with van der Waals surface area (Å²) in [6, 6.07) is 21.2. The molecule has 6 rings (SSSR count). The molecule has 2 fully saturated rings. The number of nitrogens with one attached hydrogen (secondary N) is 4. The quantitative estimate of drug-likeness (QED) is 0.162. The van der Waals surface area contributed by atoms with E-state index >= 15 is 0 Å². The van der Waals surface area contributed by atoms with Crippen LogP contribution in [0, 0.1) is 13.8 Å². The summed E-state index contributed by atoms with van der Waals surface area (Å²) in [6.45, 7) is 6.89. The zero-order valence-electron chi connectivity index (χ0n) is 28.1. The maximum atomic E-state index is 11.5. The van der Waals surface area contributed by atoms with Crippen LogP contribution < -0.4 is 30.7 Å². The Morgan fingerprint density at radius 1 is 0.646 bits per heavy atom.